The van der Waals surface area contributed by atoms with Gasteiger partial charge >= 0.3 is 0 Å². The van der Waals surface area contributed by atoms with E-state index >= 15 is 0 Å². The van der Waals surface area contributed by atoms with Gasteiger partial charge in [0.1, 0.15) is 0 Å². The van der Waals surface area contributed by atoms with Crippen molar-refractivity contribution in [2.45, 2.75) is 13.8 Å². The normalized spacial score (nSPS) is 12.5. The summed E-state index contributed by atoms with van der Waals surface area (Å²) in [4.78, 5) is 9.36. The lowest BCUT2D eigenvalue weighted by Crippen LogP contribution is -2.24. The number of aliphatic imine (C=N–C) groups is 1. The summed E-state index contributed by atoms with van der Waals surface area (Å²) in [5.74, 6) is 0. The van der Waals surface area contributed by atoms with Gasteiger partial charge in [0.2, 0.25) is 0 Å². The zero-order valence-electron chi connectivity index (χ0n) is 25.2. The third-order valence-corrected chi connectivity index (χ3v) is 7.95. The zero-order chi connectivity index (χ0) is 30.5. The van der Waals surface area contributed by atoms with Crippen molar-refractivity contribution < 1.29 is 0 Å². The van der Waals surface area contributed by atoms with Gasteiger partial charge in [-0.15, -0.1) is 0 Å². The molecule has 2 nitrogen and oxygen atoms in total. The maximum absolute atomic E-state index is 4.74. The number of hydrogen-bond donors (Lipinski definition) is 0. The van der Waals surface area contributed by atoms with E-state index in [0.29, 0.717) is 0 Å². The van der Waals surface area contributed by atoms with Crippen molar-refractivity contribution in [2.75, 3.05) is 0 Å². The van der Waals surface area contributed by atoms with Crippen LogP contribution in [0.3, 0.4) is 0 Å². The number of pyridine rings is 1. The SMILES string of the molecule is C=C/C=C(/c1cc(-c2ccc(/C(N=CC)=c3\ccccc3=C)cc2)cc(-c2ccnc3ccccc23)c1)c1ccccc1C. The molecule has 0 spiro atoms. The molecule has 0 atom stereocenters. The summed E-state index contributed by atoms with van der Waals surface area (Å²) in [5, 5.41) is 3.11. The molecule has 44 heavy (non-hydrogen) atoms. The van der Waals surface area contributed by atoms with Crippen LogP contribution in [0, 0.1) is 6.92 Å². The zero-order valence-corrected chi connectivity index (χ0v) is 25.2. The Bertz CT molecular complexity index is 2160. The van der Waals surface area contributed by atoms with Crippen molar-refractivity contribution in [3.63, 3.8) is 0 Å². The lowest BCUT2D eigenvalue weighted by molar-refractivity contribution is 1.40. The molecule has 1 heterocycles. The average molecular weight is 567 g/mol. The van der Waals surface area contributed by atoms with Crippen LogP contribution in [0.25, 0.3) is 51.0 Å². The lowest BCUT2D eigenvalue weighted by Gasteiger charge is -2.16. The molecule has 0 aliphatic heterocycles. The number of benzene rings is 5. The summed E-state index contributed by atoms with van der Waals surface area (Å²) >= 11 is 0. The van der Waals surface area contributed by atoms with Crippen LogP contribution in [0.15, 0.2) is 151 Å². The molecule has 0 aliphatic carbocycles. The number of fused-ring (bicyclic) bond motifs is 1. The molecule has 0 saturated heterocycles. The van der Waals surface area contributed by atoms with Crippen molar-refractivity contribution in [1.29, 1.82) is 0 Å². The minimum Gasteiger partial charge on any atom is -0.260 e. The van der Waals surface area contributed by atoms with Crippen LogP contribution in [0.4, 0.5) is 0 Å². The van der Waals surface area contributed by atoms with Gasteiger partial charge in [-0.2, -0.15) is 0 Å². The summed E-state index contributed by atoms with van der Waals surface area (Å²) < 4.78 is 0. The van der Waals surface area contributed by atoms with Gasteiger partial charge in [0.05, 0.1) is 11.2 Å². The van der Waals surface area contributed by atoms with Crippen LogP contribution in [-0.2, 0) is 0 Å². The van der Waals surface area contributed by atoms with Crippen LogP contribution in [0.2, 0.25) is 0 Å². The molecule has 5 aromatic carbocycles. The second-order valence-electron chi connectivity index (χ2n) is 10.8. The van der Waals surface area contributed by atoms with Gasteiger partial charge in [-0.1, -0.05) is 116 Å². The van der Waals surface area contributed by atoms with Gasteiger partial charge in [-0.3, -0.25) is 9.98 Å². The standard InChI is InChI=1S/C42H34N2/c1-5-13-38(36-16-9-7-14-29(36)3)34-26-33(27-35(28-34)39-24-25-44-41-19-12-11-18-40(39)41)31-20-22-32(23-21-31)42(43-6-2)37-17-10-8-15-30(37)4/h5-28H,1,4H2,2-3H3/b38-13-,42-37-,43-6?. The van der Waals surface area contributed by atoms with E-state index in [1.807, 2.05) is 49.7 Å². The van der Waals surface area contributed by atoms with Gasteiger partial charge in [0, 0.05) is 28.6 Å². The molecule has 2 heteroatoms. The molecule has 0 radical (unpaired) electrons. The Kier molecular flexibility index (Phi) is 8.25. The molecule has 6 aromatic rings. The molecule has 0 saturated carbocycles. The van der Waals surface area contributed by atoms with Crippen LogP contribution < -0.4 is 10.4 Å². The number of aromatic nitrogens is 1. The molecule has 1 aromatic heterocycles. The highest BCUT2D eigenvalue weighted by molar-refractivity contribution is 5.96. The van der Waals surface area contributed by atoms with Crippen LogP contribution in [0.5, 0.6) is 0 Å². The minimum atomic E-state index is 0.915. The van der Waals surface area contributed by atoms with Crippen LogP contribution >= 0.6 is 0 Å². The van der Waals surface area contributed by atoms with E-state index in [0.717, 1.165) is 66.0 Å². The van der Waals surface area contributed by atoms with Crippen LogP contribution in [-0.4, -0.2) is 11.2 Å². The topological polar surface area (TPSA) is 25.2 Å². The Balaban J connectivity index is 1.56. The van der Waals surface area contributed by atoms with E-state index in [1.165, 1.54) is 11.1 Å². The summed E-state index contributed by atoms with van der Waals surface area (Å²) in [7, 11) is 0. The first-order chi connectivity index (χ1) is 21.6. The number of aryl methyl sites for hydroxylation is 1. The number of nitrogens with zero attached hydrogens (tertiary/aromatic N) is 2. The molecule has 0 N–H and O–H groups in total. The maximum Gasteiger partial charge on any atom is 0.0775 e. The fourth-order valence-electron chi connectivity index (χ4n) is 5.79. The Morgan fingerprint density at radius 3 is 2.23 bits per heavy atom. The molecule has 0 amide bonds. The van der Waals surface area contributed by atoms with E-state index in [9.17, 15) is 0 Å². The largest absolute Gasteiger partial charge is 0.260 e. The minimum absolute atomic E-state index is 0.915. The van der Waals surface area contributed by atoms with Crippen molar-refractivity contribution in [3.05, 3.63) is 179 Å². The first-order valence-corrected chi connectivity index (χ1v) is 14.8. The summed E-state index contributed by atoms with van der Waals surface area (Å²) in [6, 6.07) is 42.6. The molecule has 0 unspecified atom stereocenters. The quantitative estimate of drug-likeness (QED) is 0.140. The second kappa shape index (κ2) is 12.7. The maximum atomic E-state index is 4.74. The fourth-order valence-corrected chi connectivity index (χ4v) is 5.79. The molecule has 212 valence electrons. The third kappa shape index (κ3) is 5.71. The van der Waals surface area contributed by atoms with E-state index in [4.69, 9.17) is 4.99 Å². The second-order valence-corrected chi connectivity index (χ2v) is 10.8. The Labute approximate surface area is 259 Å². The molecule has 0 fully saturated rings. The number of rotatable bonds is 7. The predicted molar refractivity (Wildman–Crippen MR) is 189 cm³/mol. The first-order valence-electron chi connectivity index (χ1n) is 14.8. The lowest BCUT2D eigenvalue weighted by atomic mass is 9.88. The smallest absolute Gasteiger partial charge is 0.0775 e. The van der Waals surface area contributed by atoms with E-state index < -0.39 is 0 Å². The van der Waals surface area contributed by atoms with Gasteiger partial charge in [0.25, 0.3) is 0 Å². The van der Waals surface area contributed by atoms with E-state index in [1.54, 1.807) is 0 Å². The summed E-state index contributed by atoms with van der Waals surface area (Å²) in [6.07, 6.45) is 7.71. The number of allylic oxidation sites excluding steroid dienone is 2. The van der Waals surface area contributed by atoms with Gasteiger partial charge in [-0.05, 0) is 93.9 Å². The van der Waals surface area contributed by atoms with E-state index in [2.05, 4.69) is 128 Å². The van der Waals surface area contributed by atoms with Crippen molar-refractivity contribution in [3.8, 4) is 22.3 Å². The highest BCUT2D eigenvalue weighted by atomic mass is 14.7. The summed E-state index contributed by atoms with van der Waals surface area (Å²) in [5.41, 5.74) is 12.2. The fraction of sp³-hybridized carbons (Fsp3) is 0.0476. The third-order valence-electron chi connectivity index (χ3n) is 7.95. The molecular weight excluding hydrogens is 532 g/mol. The molecule has 0 bridgehead atoms. The Morgan fingerprint density at radius 2 is 1.45 bits per heavy atom. The molecule has 0 aliphatic rings. The predicted octanol–water partition coefficient (Wildman–Crippen LogP) is 9.15. The van der Waals surface area contributed by atoms with Gasteiger partial charge in [0.15, 0.2) is 0 Å². The van der Waals surface area contributed by atoms with Crippen LogP contribution in [0.1, 0.15) is 29.2 Å². The number of para-hydroxylation sites is 1. The van der Waals surface area contributed by atoms with E-state index in [-0.39, 0.29) is 0 Å². The first kappa shape index (κ1) is 28.5. The highest BCUT2D eigenvalue weighted by Gasteiger charge is 2.14. The van der Waals surface area contributed by atoms with Crippen molar-refractivity contribution in [2.24, 2.45) is 4.99 Å². The highest BCUT2D eigenvalue weighted by Crippen LogP contribution is 2.36. The Hall–Kier alpha value is -5.60. The van der Waals surface area contributed by atoms with Crippen molar-refractivity contribution >= 4 is 35.0 Å². The van der Waals surface area contributed by atoms with Crippen molar-refractivity contribution in [1.82, 2.24) is 4.98 Å². The monoisotopic (exact) mass is 566 g/mol. The van der Waals surface area contributed by atoms with Gasteiger partial charge < -0.3 is 0 Å². The van der Waals surface area contributed by atoms with Gasteiger partial charge in [-0.25, -0.2) is 0 Å². The molecular formula is C42H34N2. The number of hydrogen-bond acceptors (Lipinski definition) is 2. The Morgan fingerprint density at radius 1 is 0.727 bits per heavy atom. The molecule has 6 rings (SSSR count). The summed E-state index contributed by atoms with van der Waals surface area (Å²) in [6.45, 7) is 12.4. The average Bonchev–Trinajstić information content (AvgIpc) is 3.06.